The van der Waals surface area contributed by atoms with Crippen LogP contribution in [0.2, 0.25) is 0 Å². The molecule has 1 aromatic heterocycles. The summed E-state index contributed by atoms with van der Waals surface area (Å²) in [6, 6.07) is 0. The predicted molar refractivity (Wildman–Crippen MR) is 62.6 cm³/mol. The Bertz CT molecular complexity index is 397. The van der Waals surface area contributed by atoms with E-state index in [4.69, 9.17) is 15.2 Å². The Hall–Kier alpha value is -1.69. The molecule has 17 heavy (non-hydrogen) atoms. The number of esters is 1. The van der Waals surface area contributed by atoms with E-state index in [1.165, 1.54) is 0 Å². The fourth-order valence-electron chi connectivity index (χ4n) is 1.36. The highest BCUT2D eigenvalue weighted by Crippen LogP contribution is 2.19. The number of nitrogen functional groups attached to an aromatic ring is 1. The van der Waals surface area contributed by atoms with Gasteiger partial charge in [-0.25, -0.2) is 14.8 Å². The number of aromatic nitrogens is 2. The summed E-state index contributed by atoms with van der Waals surface area (Å²) >= 11 is 0. The minimum absolute atomic E-state index is 0.120. The van der Waals surface area contributed by atoms with E-state index in [-0.39, 0.29) is 24.1 Å². The Labute approximate surface area is 100 Å². The third-order valence-corrected chi connectivity index (χ3v) is 2.33. The second-order valence-electron chi connectivity index (χ2n) is 3.53. The van der Waals surface area contributed by atoms with Crippen molar-refractivity contribution in [2.45, 2.75) is 26.9 Å². The summed E-state index contributed by atoms with van der Waals surface area (Å²) in [6.45, 7) is 5.51. The first kappa shape index (κ1) is 13.4. The zero-order chi connectivity index (χ0) is 13.0. The molecule has 0 aromatic carbocycles. The van der Waals surface area contributed by atoms with E-state index in [9.17, 15) is 4.79 Å². The second kappa shape index (κ2) is 5.58. The molecule has 1 aromatic rings. The molecule has 0 amide bonds. The summed E-state index contributed by atoms with van der Waals surface area (Å²) in [5.74, 6) is 0.0736. The highest BCUT2D eigenvalue weighted by molar-refractivity contribution is 5.95. The highest BCUT2D eigenvalue weighted by Gasteiger charge is 2.19. The van der Waals surface area contributed by atoms with Crippen LogP contribution in [0.15, 0.2) is 0 Å². The van der Waals surface area contributed by atoms with Gasteiger partial charge in [0.25, 0.3) is 0 Å². The van der Waals surface area contributed by atoms with Crippen molar-refractivity contribution in [1.29, 1.82) is 0 Å². The monoisotopic (exact) mass is 239 g/mol. The molecule has 1 atom stereocenters. The van der Waals surface area contributed by atoms with Gasteiger partial charge in [0.05, 0.1) is 12.3 Å². The van der Waals surface area contributed by atoms with Gasteiger partial charge >= 0.3 is 5.97 Å². The van der Waals surface area contributed by atoms with Gasteiger partial charge in [-0.3, -0.25) is 0 Å². The Morgan fingerprint density at radius 3 is 2.59 bits per heavy atom. The number of hydrogen-bond donors (Lipinski definition) is 1. The molecular weight excluding hydrogens is 222 g/mol. The number of carbonyl (C=O) groups excluding carboxylic acids is 1. The third kappa shape index (κ3) is 2.91. The van der Waals surface area contributed by atoms with Gasteiger partial charge in [0, 0.05) is 7.11 Å². The summed E-state index contributed by atoms with van der Waals surface area (Å²) in [5, 5.41) is 0. The van der Waals surface area contributed by atoms with E-state index in [0.717, 1.165) is 0 Å². The van der Waals surface area contributed by atoms with Gasteiger partial charge in [0.15, 0.2) is 5.82 Å². The van der Waals surface area contributed by atoms with Crippen molar-refractivity contribution >= 4 is 11.8 Å². The van der Waals surface area contributed by atoms with Gasteiger partial charge in [-0.1, -0.05) is 0 Å². The van der Waals surface area contributed by atoms with Crippen LogP contribution in [0, 0.1) is 6.92 Å². The molecule has 1 rings (SSSR count). The zero-order valence-electron chi connectivity index (χ0n) is 10.5. The largest absolute Gasteiger partial charge is 0.462 e. The Kier molecular flexibility index (Phi) is 4.39. The van der Waals surface area contributed by atoms with Crippen LogP contribution in [0.1, 0.15) is 41.8 Å². The normalized spacial score (nSPS) is 12.2. The van der Waals surface area contributed by atoms with Crippen molar-refractivity contribution in [3.05, 3.63) is 17.1 Å². The number of nitrogens with zero attached hydrogens (tertiary/aromatic N) is 2. The molecule has 1 heterocycles. The van der Waals surface area contributed by atoms with Crippen LogP contribution in [0.3, 0.4) is 0 Å². The number of aryl methyl sites for hydroxylation is 1. The summed E-state index contributed by atoms with van der Waals surface area (Å²) in [5.41, 5.74) is 6.45. The average Bonchev–Trinajstić information content (AvgIpc) is 2.27. The van der Waals surface area contributed by atoms with Gasteiger partial charge < -0.3 is 15.2 Å². The molecule has 0 saturated heterocycles. The van der Waals surface area contributed by atoms with Crippen molar-refractivity contribution in [2.75, 3.05) is 19.5 Å². The molecule has 2 N–H and O–H groups in total. The molecule has 1 unspecified atom stereocenters. The van der Waals surface area contributed by atoms with Gasteiger partial charge in [0.1, 0.15) is 17.5 Å². The number of hydrogen-bond acceptors (Lipinski definition) is 6. The third-order valence-electron chi connectivity index (χ3n) is 2.33. The SMILES string of the molecule is CCOC(=O)c1c(C)nc(C(C)OC)nc1N. The van der Waals surface area contributed by atoms with Crippen LogP contribution in [-0.4, -0.2) is 29.7 Å². The van der Waals surface area contributed by atoms with E-state index in [2.05, 4.69) is 9.97 Å². The van der Waals surface area contributed by atoms with Crippen molar-refractivity contribution in [3.8, 4) is 0 Å². The first-order valence-electron chi connectivity index (χ1n) is 5.35. The van der Waals surface area contributed by atoms with Crippen LogP contribution in [0.4, 0.5) is 5.82 Å². The van der Waals surface area contributed by atoms with Crippen molar-refractivity contribution in [1.82, 2.24) is 9.97 Å². The van der Waals surface area contributed by atoms with Crippen molar-refractivity contribution in [3.63, 3.8) is 0 Å². The second-order valence-corrected chi connectivity index (χ2v) is 3.53. The average molecular weight is 239 g/mol. The van der Waals surface area contributed by atoms with Crippen LogP contribution in [-0.2, 0) is 9.47 Å². The zero-order valence-corrected chi connectivity index (χ0v) is 10.5. The lowest BCUT2D eigenvalue weighted by molar-refractivity contribution is 0.0525. The summed E-state index contributed by atoms with van der Waals surface area (Å²) in [7, 11) is 1.55. The van der Waals surface area contributed by atoms with Crippen LogP contribution in [0.25, 0.3) is 0 Å². The molecule has 0 saturated carbocycles. The van der Waals surface area contributed by atoms with Crippen molar-refractivity contribution in [2.24, 2.45) is 0 Å². The van der Waals surface area contributed by atoms with E-state index in [0.29, 0.717) is 11.5 Å². The molecule has 0 bridgehead atoms. The van der Waals surface area contributed by atoms with Crippen molar-refractivity contribution < 1.29 is 14.3 Å². The first-order valence-corrected chi connectivity index (χ1v) is 5.35. The summed E-state index contributed by atoms with van der Waals surface area (Å²) in [6.07, 6.45) is -0.271. The molecule has 0 aliphatic heterocycles. The summed E-state index contributed by atoms with van der Waals surface area (Å²) < 4.78 is 9.98. The van der Waals surface area contributed by atoms with Crippen LogP contribution < -0.4 is 5.73 Å². The molecule has 6 nitrogen and oxygen atoms in total. The lowest BCUT2D eigenvalue weighted by Crippen LogP contribution is -2.16. The Morgan fingerprint density at radius 2 is 2.12 bits per heavy atom. The maximum Gasteiger partial charge on any atom is 0.343 e. The van der Waals surface area contributed by atoms with Gasteiger partial charge in [-0.15, -0.1) is 0 Å². The standard InChI is InChI=1S/C11H17N3O3/c1-5-17-11(15)8-6(2)13-10(7(3)16-4)14-9(8)12/h7H,5H2,1-4H3,(H2,12,13,14). The minimum atomic E-state index is -0.501. The van der Waals surface area contributed by atoms with E-state index in [1.54, 1.807) is 27.9 Å². The molecule has 0 spiro atoms. The number of methoxy groups -OCH3 is 1. The lowest BCUT2D eigenvalue weighted by Gasteiger charge is -2.12. The number of carbonyl (C=O) groups is 1. The van der Waals surface area contributed by atoms with Gasteiger partial charge in [-0.05, 0) is 20.8 Å². The molecule has 0 fully saturated rings. The van der Waals surface area contributed by atoms with Crippen LogP contribution >= 0.6 is 0 Å². The fourth-order valence-corrected chi connectivity index (χ4v) is 1.36. The van der Waals surface area contributed by atoms with Crippen LogP contribution in [0.5, 0.6) is 0 Å². The number of rotatable bonds is 4. The molecular formula is C11H17N3O3. The number of ether oxygens (including phenoxy) is 2. The Morgan fingerprint density at radius 1 is 1.47 bits per heavy atom. The van der Waals surface area contributed by atoms with Gasteiger partial charge in [-0.2, -0.15) is 0 Å². The van der Waals surface area contributed by atoms with Gasteiger partial charge in [0.2, 0.25) is 0 Å². The number of nitrogens with two attached hydrogens (primary N) is 1. The predicted octanol–water partition coefficient (Wildman–Crippen LogP) is 1.25. The molecule has 0 aliphatic carbocycles. The van der Waals surface area contributed by atoms with E-state index >= 15 is 0 Å². The first-order chi connectivity index (χ1) is 8.01. The Balaban J connectivity index is 3.15. The smallest absolute Gasteiger partial charge is 0.343 e. The highest BCUT2D eigenvalue weighted by atomic mass is 16.5. The molecule has 0 aliphatic rings. The molecule has 6 heteroatoms. The minimum Gasteiger partial charge on any atom is -0.462 e. The lowest BCUT2D eigenvalue weighted by atomic mass is 10.2. The van der Waals surface area contributed by atoms with E-state index < -0.39 is 5.97 Å². The number of anilines is 1. The maximum atomic E-state index is 11.6. The quantitative estimate of drug-likeness (QED) is 0.796. The summed E-state index contributed by atoms with van der Waals surface area (Å²) in [4.78, 5) is 19.9. The topological polar surface area (TPSA) is 87.3 Å². The molecule has 0 radical (unpaired) electrons. The maximum absolute atomic E-state index is 11.6. The van der Waals surface area contributed by atoms with E-state index in [1.807, 2.05) is 0 Å². The fraction of sp³-hybridized carbons (Fsp3) is 0.545. The molecule has 94 valence electrons.